The third-order valence-corrected chi connectivity index (χ3v) is 3.00. The van der Waals surface area contributed by atoms with Crippen molar-refractivity contribution in [3.05, 3.63) is 29.8 Å². The Labute approximate surface area is 121 Å². The third kappa shape index (κ3) is 6.06. The first-order chi connectivity index (χ1) is 9.67. The maximum Gasteiger partial charge on any atom is 0.257 e. The van der Waals surface area contributed by atoms with E-state index in [1.165, 1.54) is 5.56 Å². The largest absolute Gasteiger partial charge is 0.484 e. The molecular formula is C16H26N2O2. The van der Waals surface area contributed by atoms with Crippen LogP contribution in [0.4, 0.5) is 0 Å². The lowest BCUT2D eigenvalue weighted by molar-refractivity contribution is -0.123. The van der Waals surface area contributed by atoms with Gasteiger partial charge < -0.3 is 15.4 Å². The third-order valence-electron chi connectivity index (χ3n) is 3.00. The number of amides is 1. The van der Waals surface area contributed by atoms with Crippen LogP contribution in [-0.2, 0) is 4.79 Å². The van der Waals surface area contributed by atoms with Gasteiger partial charge in [0.25, 0.3) is 5.91 Å². The highest BCUT2D eigenvalue weighted by Gasteiger charge is 2.06. The fraction of sp³-hybridized carbons (Fsp3) is 0.562. The lowest BCUT2D eigenvalue weighted by Crippen LogP contribution is -2.29. The van der Waals surface area contributed by atoms with Crippen LogP contribution in [0.1, 0.15) is 45.2 Å². The molecule has 4 nitrogen and oxygen atoms in total. The molecule has 4 heteroatoms. The van der Waals surface area contributed by atoms with Gasteiger partial charge in [0.05, 0.1) is 0 Å². The molecule has 1 atom stereocenters. The molecule has 0 radical (unpaired) electrons. The van der Waals surface area contributed by atoms with Crippen LogP contribution < -0.4 is 15.4 Å². The van der Waals surface area contributed by atoms with Crippen LogP contribution in [0.2, 0.25) is 0 Å². The highest BCUT2D eigenvalue weighted by molar-refractivity contribution is 5.77. The number of benzene rings is 1. The van der Waals surface area contributed by atoms with Gasteiger partial charge in [-0.2, -0.15) is 0 Å². The van der Waals surface area contributed by atoms with E-state index in [0.29, 0.717) is 6.54 Å². The van der Waals surface area contributed by atoms with Gasteiger partial charge in [-0.15, -0.1) is 0 Å². The summed E-state index contributed by atoms with van der Waals surface area (Å²) >= 11 is 0. The number of rotatable bonds is 9. The summed E-state index contributed by atoms with van der Waals surface area (Å²) in [5, 5.41) is 6.23. The molecule has 0 aliphatic heterocycles. The Morgan fingerprint density at radius 1 is 1.25 bits per heavy atom. The summed E-state index contributed by atoms with van der Waals surface area (Å²) < 4.78 is 5.52. The lowest BCUT2D eigenvalue weighted by atomic mass is 10.1. The summed E-state index contributed by atoms with van der Waals surface area (Å²) in [6.07, 6.45) is 2.04. The second-order valence-corrected chi connectivity index (χ2v) is 4.89. The molecule has 0 saturated heterocycles. The molecule has 1 unspecified atom stereocenters. The molecule has 0 bridgehead atoms. The SMILES string of the molecule is CCCNC(=O)COc1cccc(C(C)NCCC)c1. The second-order valence-electron chi connectivity index (χ2n) is 4.89. The van der Waals surface area contributed by atoms with Crippen molar-refractivity contribution < 1.29 is 9.53 Å². The van der Waals surface area contributed by atoms with Gasteiger partial charge in [-0.05, 0) is 44.0 Å². The fourth-order valence-electron chi connectivity index (χ4n) is 1.82. The maximum absolute atomic E-state index is 11.5. The minimum atomic E-state index is -0.0746. The first-order valence-electron chi connectivity index (χ1n) is 7.40. The standard InChI is InChI=1S/C16H26N2O2/c1-4-9-17-13(3)14-7-6-8-15(11-14)20-12-16(19)18-10-5-2/h6-8,11,13,17H,4-5,9-10,12H2,1-3H3,(H,18,19). The highest BCUT2D eigenvalue weighted by Crippen LogP contribution is 2.19. The minimum Gasteiger partial charge on any atom is -0.484 e. The average molecular weight is 278 g/mol. The van der Waals surface area contributed by atoms with Crippen molar-refractivity contribution in [2.75, 3.05) is 19.7 Å². The molecule has 1 amide bonds. The molecule has 1 aromatic carbocycles. The number of ether oxygens (including phenoxy) is 1. The lowest BCUT2D eigenvalue weighted by Gasteiger charge is -2.15. The van der Waals surface area contributed by atoms with Gasteiger partial charge in [0, 0.05) is 12.6 Å². The van der Waals surface area contributed by atoms with Crippen molar-refractivity contribution in [3.8, 4) is 5.75 Å². The summed E-state index contributed by atoms with van der Waals surface area (Å²) in [4.78, 5) is 11.5. The van der Waals surface area contributed by atoms with Gasteiger partial charge in [0.1, 0.15) is 5.75 Å². The molecular weight excluding hydrogens is 252 g/mol. The molecule has 1 rings (SSSR count). The zero-order valence-electron chi connectivity index (χ0n) is 12.7. The van der Waals surface area contributed by atoms with Crippen LogP contribution >= 0.6 is 0 Å². The van der Waals surface area contributed by atoms with Crippen molar-refractivity contribution in [3.63, 3.8) is 0 Å². The molecule has 2 N–H and O–H groups in total. The minimum absolute atomic E-state index is 0.0697. The van der Waals surface area contributed by atoms with E-state index >= 15 is 0 Å². The topological polar surface area (TPSA) is 50.4 Å². The van der Waals surface area contributed by atoms with E-state index in [-0.39, 0.29) is 18.6 Å². The Balaban J connectivity index is 2.48. The smallest absolute Gasteiger partial charge is 0.257 e. The average Bonchev–Trinajstić information content (AvgIpc) is 2.48. The van der Waals surface area contributed by atoms with E-state index in [1.54, 1.807) is 0 Å². The molecule has 0 spiro atoms. The second kappa shape index (κ2) is 9.37. The number of carbonyl (C=O) groups is 1. The Kier molecular flexibility index (Phi) is 7.73. The maximum atomic E-state index is 11.5. The zero-order valence-corrected chi connectivity index (χ0v) is 12.7. The van der Waals surface area contributed by atoms with Crippen molar-refractivity contribution >= 4 is 5.91 Å². The monoisotopic (exact) mass is 278 g/mol. The zero-order chi connectivity index (χ0) is 14.8. The predicted molar refractivity (Wildman–Crippen MR) is 81.9 cm³/mol. The van der Waals surface area contributed by atoms with Crippen LogP contribution in [0.25, 0.3) is 0 Å². The van der Waals surface area contributed by atoms with Crippen LogP contribution in [0.5, 0.6) is 5.75 Å². The van der Waals surface area contributed by atoms with E-state index in [4.69, 9.17) is 4.74 Å². The molecule has 1 aromatic rings. The van der Waals surface area contributed by atoms with Gasteiger partial charge in [-0.3, -0.25) is 4.79 Å². The normalized spacial score (nSPS) is 11.9. The van der Waals surface area contributed by atoms with E-state index in [2.05, 4.69) is 30.5 Å². The van der Waals surface area contributed by atoms with Crippen LogP contribution in [-0.4, -0.2) is 25.6 Å². The van der Waals surface area contributed by atoms with Crippen LogP contribution in [0.3, 0.4) is 0 Å². The summed E-state index contributed by atoms with van der Waals surface area (Å²) in [6, 6.07) is 8.17. The van der Waals surface area contributed by atoms with Crippen LogP contribution in [0, 0.1) is 0 Å². The van der Waals surface area contributed by atoms with E-state index in [9.17, 15) is 4.79 Å². The Morgan fingerprint density at radius 2 is 2.00 bits per heavy atom. The van der Waals surface area contributed by atoms with Crippen LogP contribution in [0.15, 0.2) is 24.3 Å². The summed E-state index contributed by atoms with van der Waals surface area (Å²) in [6.45, 7) is 8.05. The van der Waals surface area contributed by atoms with E-state index < -0.39 is 0 Å². The van der Waals surface area contributed by atoms with Crippen molar-refractivity contribution in [1.29, 1.82) is 0 Å². The molecule has 0 aliphatic rings. The van der Waals surface area contributed by atoms with E-state index in [1.807, 2.05) is 25.1 Å². The molecule has 0 fully saturated rings. The Bertz CT molecular complexity index is 407. The van der Waals surface area contributed by atoms with Crippen molar-refractivity contribution in [2.24, 2.45) is 0 Å². The van der Waals surface area contributed by atoms with Crippen molar-refractivity contribution in [2.45, 2.75) is 39.7 Å². The molecule has 0 aromatic heterocycles. The Morgan fingerprint density at radius 3 is 2.70 bits per heavy atom. The molecule has 112 valence electrons. The number of nitrogens with one attached hydrogen (secondary N) is 2. The first-order valence-corrected chi connectivity index (χ1v) is 7.40. The molecule has 20 heavy (non-hydrogen) atoms. The number of carbonyl (C=O) groups excluding carboxylic acids is 1. The Hall–Kier alpha value is -1.55. The molecule has 0 aliphatic carbocycles. The first kappa shape index (κ1) is 16.5. The fourth-order valence-corrected chi connectivity index (χ4v) is 1.82. The summed E-state index contributed by atoms with van der Waals surface area (Å²) in [5.74, 6) is 0.661. The van der Waals surface area contributed by atoms with Gasteiger partial charge >= 0.3 is 0 Å². The van der Waals surface area contributed by atoms with E-state index in [0.717, 1.165) is 25.1 Å². The van der Waals surface area contributed by atoms with Gasteiger partial charge in [0.2, 0.25) is 0 Å². The van der Waals surface area contributed by atoms with Gasteiger partial charge in [-0.1, -0.05) is 26.0 Å². The number of hydrogen-bond donors (Lipinski definition) is 2. The molecule has 0 saturated carbocycles. The predicted octanol–water partition coefficient (Wildman–Crippen LogP) is 2.65. The summed E-state index contributed by atoms with van der Waals surface area (Å²) in [5.41, 5.74) is 1.17. The highest BCUT2D eigenvalue weighted by atomic mass is 16.5. The van der Waals surface area contributed by atoms with Crippen molar-refractivity contribution in [1.82, 2.24) is 10.6 Å². The van der Waals surface area contributed by atoms with Gasteiger partial charge in [0.15, 0.2) is 6.61 Å². The quantitative estimate of drug-likeness (QED) is 0.730. The summed E-state index contributed by atoms with van der Waals surface area (Å²) in [7, 11) is 0. The number of hydrogen-bond acceptors (Lipinski definition) is 3. The molecule has 0 heterocycles. The van der Waals surface area contributed by atoms with Gasteiger partial charge in [-0.25, -0.2) is 0 Å².